The predicted octanol–water partition coefficient (Wildman–Crippen LogP) is 1.25. The van der Waals surface area contributed by atoms with Gasteiger partial charge in [0, 0.05) is 23.5 Å². The van der Waals surface area contributed by atoms with Crippen LogP contribution in [0.3, 0.4) is 0 Å². The summed E-state index contributed by atoms with van der Waals surface area (Å²) in [4.78, 5) is 8.80. The topological polar surface area (TPSA) is 71.2 Å². The molecule has 3 heterocycles. The third-order valence-corrected chi connectivity index (χ3v) is 3.72. The SMILES string of the molecule is OB(O)c1ccnc2c3ncccc3n(-c3ccccc3)c12. The van der Waals surface area contributed by atoms with Crippen molar-refractivity contribution in [2.24, 2.45) is 0 Å². The van der Waals surface area contributed by atoms with Crippen LogP contribution in [0.25, 0.3) is 27.8 Å². The quantitative estimate of drug-likeness (QED) is 0.545. The highest BCUT2D eigenvalue weighted by atomic mass is 16.4. The predicted molar refractivity (Wildman–Crippen MR) is 86.2 cm³/mol. The fraction of sp³-hybridized carbons (Fsp3) is 0. The minimum atomic E-state index is -1.57. The van der Waals surface area contributed by atoms with E-state index in [1.54, 1.807) is 18.5 Å². The number of aromatic nitrogens is 3. The molecule has 4 aromatic rings. The lowest BCUT2D eigenvalue weighted by Crippen LogP contribution is -2.31. The molecule has 0 fully saturated rings. The largest absolute Gasteiger partial charge is 0.490 e. The second kappa shape index (κ2) is 4.94. The maximum atomic E-state index is 9.71. The van der Waals surface area contributed by atoms with Crippen molar-refractivity contribution in [3.05, 3.63) is 60.9 Å². The zero-order valence-electron chi connectivity index (χ0n) is 11.6. The van der Waals surface area contributed by atoms with Crippen LogP contribution in [-0.4, -0.2) is 31.7 Å². The summed E-state index contributed by atoms with van der Waals surface area (Å²) in [7, 11) is -1.57. The number of pyridine rings is 2. The van der Waals surface area contributed by atoms with E-state index in [0.29, 0.717) is 16.5 Å². The second-order valence-corrected chi connectivity index (χ2v) is 5.01. The first-order valence-electron chi connectivity index (χ1n) is 6.93. The van der Waals surface area contributed by atoms with Gasteiger partial charge in [0.2, 0.25) is 0 Å². The number of benzene rings is 1. The number of hydrogen-bond donors (Lipinski definition) is 2. The average molecular weight is 289 g/mol. The Bertz CT molecular complexity index is 967. The summed E-state index contributed by atoms with van der Waals surface area (Å²) < 4.78 is 1.96. The first kappa shape index (κ1) is 13.0. The number of nitrogens with zero attached hydrogens (tertiary/aromatic N) is 3. The lowest BCUT2D eigenvalue weighted by atomic mass is 9.80. The molecule has 0 aliphatic carbocycles. The van der Waals surface area contributed by atoms with Gasteiger partial charge in [-0.25, -0.2) is 0 Å². The Morgan fingerprint density at radius 3 is 2.36 bits per heavy atom. The zero-order valence-corrected chi connectivity index (χ0v) is 11.6. The third kappa shape index (κ3) is 1.82. The van der Waals surface area contributed by atoms with Crippen LogP contribution in [0.15, 0.2) is 60.9 Å². The minimum Gasteiger partial charge on any atom is -0.423 e. The summed E-state index contributed by atoms with van der Waals surface area (Å²) in [5.74, 6) is 0. The van der Waals surface area contributed by atoms with Gasteiger partial charge in [0.1, 0.15) is 11.0 Å². The molecule has 5 nitrogen and oxygen atoms in total. The Morgan fingerprint density at radius 2 is 1.59 bits per heavy atom. The Balaban J connectivity index is 2.25. The molecule has 6 heteroatoms. The molecule has 4 rings (SSSR count). The highest BCUT2D eigenvalue weighted by Gasteiger charge is 2.22. The van der Waals surface area contributed by atoms with Crippen LogP contribution in [0.4, 0.5) is 0 Å². The second-order valence-electron chi connectivity index (χ2n) is 5.01. The van der Waals surface area contributed by atoms with Gasteiger partial charge < -0.3 is 14.6 Å². The first-order valence-corrected chi connectivity index (χ1v) is 6.93. The summed E-state index contributed by atoms with van der Waals surface area (Å²) in [5, 5.41) is 19.4. The van der Waals surface area contributed by atoms with E-state index in [9.17, 15) is 10.0 Å². The lowest BCUT2D eigenvalue weighted by molar-refractivity contribution is 0.426. The fourth-order valence-corrected chi connectivity index (χ4v) is 2.81. The molecule has 0 spiro atoms. The van der Waals surface area contributed by atoms with E-state index in [1.165, 1.54) is 0 Å². The van der Waals surface area contributed by atoms with E-state index in [4.69, 9.17) is 0 Å². The summed E-state index contributed by atoms with van der Waals surface area (Å²) in [6, 6.07) is 15.2. The third-order valence-electron chi connectivity index (χ3n) is 3.72. The van der Waals surface area contributed by atoms with Crippen LogP contribution in [0.1, 0.15) is 0 Å². The molecule has 3 aromatic heterocycles. The van der Waals surface area contributed by atoms with Gasteiger partial charge in [-0.05, 0) is 30.3 Å². The molecule has 0 unspecified atom stereocenters. The first-order chi connectivity index (χ1) is 10.8. The fourth-order valence-electron chi connectivity index (χ4n) is 2.81. The van der Waals surface area contributed by atoms with Crippen LogP contribution in [0, 0.1) is 0 Å². The Morgan fingerprint density at radius 1 is 0.818 bits per heavy atom. The smallest absolute Gasteiger partial charge is 0.423 e. The van der Waals surface area contributed by atoms with Crippen molar-refractivity contribution >= 4 is 34.6 Å². The summed E-state index contributed by atoms with van der Waals surface area (Å²) in [6.45, 7) is 0. The monoisotopic (exact) mass is 289 g/mol. The molecule has 0 bridgehead atoms. The summed E-state index contributed by atoms with van der Waals surface area (Å²) in [6.07, 6.45) is 3.28. The molecule has 2 N–H and O–H groups in total. The average Bonchev–Trinajstić information content (AvgIpc) is 2.90. The maximum absolute atomic E-state index is 9.71. The molecule has 0 saturated carbocycles. The zero-order chi connectivity index (χ0) is 15.1. The van der Waals surface area contributed by atoms with E-state index in [-0.39, 0.29) is 0 Å². The van der Waals surface area contributed by atoms with Gasteiger partial charge in [-0.3, -0.25) is 9.97 Å². The molecule has 106 valence electrons. The van der Waals surface area contributed by atoms with E-state index < -0.39 is 7.12 Å². The normalized spacial score (nSPS) is 11.2. The Labute approximate surface area is 126 Å². The van der Waals surface area contributed by atoms with Crippen molar-refractivity contribution in [1.29, 1.82) is 0 Å². The van der Waals surface area contributed by atoms with Gasteiger partial charge in [-0.2, -0.15) is 0 Å². The molecule has 0 saturated heterocycles. The van der Waals surface area contributed by atoms with Crippen molar-refractivity contribution in [3.63, 3.8) is 0 Å². The van der Waals surface area contributed by atoms with Crippen LogP contribution >= 0.6 is 0 Å². The van der Waals surface area contributed by atoms with Crippen LogP contribution < -0.4 is 5.46 Å². The molecular weight excluding hydrogens is 277 g/mol. The van der Waals surface area contributed by atoms with Crippen molar-refractivity contribution < 1.29 is 10.0 Å². The van der Waals surface area contributed by atoms with Gasteiger partial charge in [0.05, 0.1) is 11.0 Å². The van der Waals surface area contributed by atoms with E-state index >= 15 is 0 Å². The molecule has 0 amide bonds. The van der Waals surface area contributed by atoms with Gasteiger partial charge in [0.25, 0.3) is 0 Å². The van der Waals surface area contributed by atoms with Gasteiger partial charge in [-0.15, -0.1) is 0 Å². The van der Waals surface area contributed by atoms with Crippen molar-refractivity contribution in [1.82, 2.24) is 14.5 Å². The molecule has 22 heavy (non-hydrogen) atoms. The summed E-state index contributed by atoms with van der Waals surface area (Å²) in [5.41, 5.74) is 4.27. The van der Waals surface area contributed by atoms with Crippen molar-refractivity contribution in [2.45, 2.75) is 0 Å². The van der Waals surface area contributed by atoms with Gasteiger partial charge in [0.15, 0.2) is 0 Å². The van der Waals surface area contributed by atoms with E-state index in [2.05, 4.69) is 9.97 Å². The molecule has 0 aliphatic heterocycles. The molecule has 1 aromatic carbocycles. The number of para-hydroxylation sites is 1. The number of hydrogen-bond acceptors (Lipinski definition) is 4. The Hall–Kier alpha value is -2.70. The standard InChI is InChI=1S/C16H12BN3O2/c21-17(22)12-8-10-19-15-14-13(7-4-9-18-14)20(16(12)15)11-5-2-1-3-6-11/h1-10,21-22H. The Kier molecular flexibility index (Phi) is 2.92. The van der Waals surface area contributed by atoms with Crippen molar-refractivity contribution in [2.75, 3.05) is 0 Å². The van der Waals surface area contributed by atoms with Crippen LogP contribution in [-0.2, 0) is 0 Å². The number of rotatable bonds is 2. The van der Waals surface area contributed by atoms with E-state index in [1.807, 2.05) is 47.0 Å². The minimum absolute atomic E-state index is 0.409. The highest BCUT2D eigenvalue weighted by molar-refractivity contribution is 6.62. The summed E-state index contributed by atoms with van der Waals surface area (Å²) >= 11 is 0. The molecule has 0 atom stereocenters. The van der Waals surface area contributed by atoms with Crippen LogP contribution in [0.2, 0.25) is 0 Å². The lowest BCUT2D eigenvalue weighted by Gasteiger charge is -2.09. The molecule has 0 aliphatic rings. The van der Waals surface area contributed by atoms with Gasteiger partial charge >= 0.3 is 7.12 Å². The van der Waals surface area contributed by atoms with Crippen LogP contribution in [0.5, 0.6) is 0 Å². The van der Waals surface area contributed by atoms with Gasteiger partial charge in [-0.1, -0.05) is 18.2 Å². The van der Waals surface area contributed by atoms with E-state index in [0.717, 1.165) is 16.7 Å². The maximum Gasteiger partial charge on any atom is 0.490 e. The molecular formula is C16H12BN3O2. The molecule has 0 radical (unpaired) electrons. The van der Waals surface area contributed by atoms with Crippen molar-refractivity contribution in [3.8, 4) is 5.69 Å². The highest BCUT2D eigenvalue weighted by Crippen LogP contribution is 2.28. The number of fused-ring (bicyclic) bond motifs is 3.